The van der Waals surface area contributed by atoms with Crippen molar-refractivity contribution in [3.8, 4) is 0 Å². The van der Waals surface area contributed by atoms with Gasteiger partial charge < -0.3 is 5.32 Å². The van der Waals surface area contributed by atoms with Crippen molar-refractivity contribution in [3.05, 3.63) is 48.0 Å². The fourth-order valence-electron chi connectivity index (χ4n) is 1.68. The van der Waals surface area contributed by atoms with E-state index < -0.39 is 17.8 Å². The van der Waals surface area contributed by atoms with E-state index in [1.807, 2.05) is 12.1 Å². The molecular formula is C13H13F3N4O. The minimum Gasteiger partial charge on any atom is -0.354 e. The Balaban J connectivity index is 1.78. The summed E-state index contributed by atoms with van der Waals surface area (Å²) in [4.78, 5) is 15.7. The number of rotatable bonds is 5. The Hall–Kier alpha value is -2.38. The van der Waals surface area contributed by atoms with Crippen molar-refractivity contribution >= 4 is 5.91 Å². The van der Waals surface area contributed by atoms with Crippen LogP contribution in [-0.4, -0.2) is 27.2 Å². The van der Waals surface area contributed by atoms with Gasteiger partial charge in [-0.25, -0.2) is 0 Å². The number of nitrogens with zero attached hydrogens (tertiary/aromatic N) is 3. The first-order chi connectivity index (χ1) is 9.95. The lowest BCUT2D eigenvalue weighted by atomic mass is 10.3. The van der Waals surface area contributed by atoms with Crippen molar-refractivity contribution in [1.29, 1.82) is 0 Å². The average molecular weight is 298 g/mol. The first kappa shape index (κ1) is 15.0. The predicted molar refractivity (Wildman–Crippen MR) is 68.2 cm³/mol. The molecule has 2 aromatic rings. The molecule has 1 amide bonds. The molecule has 1 N–H and O–H groups in total. The summed E-state index contributed by atoms with van der Waals surface area (Å²) in [6.07, 6.45) is -1.17. The molecular weight excluding hydrogens is 285 g/mol. The van der Waals surface area contributed by atoms with Gasteiger partial charge in [0.15, 0.2) is 5.69 Å². The van der Waals surface area contributed by atoms with Gasteiger partial charge >= 0.3 is 6.18 Å². The summed E-state index contributed by atoms with van der Waals surface area (Å²) in [6, 6.07) is 6.29. The van der Waals surface area contributed by atoms with Gasteiger partial charge in [0, 0.05) is 31.1 Å². The molecule has 8 heteroatoms. The van der Waals surface area contributed by atoms with E-state index in [-0.39, 0.29) is 6.54 Å². The molecule has 2 rings (SSSR count). The van der Waals surface area contributed by atoms with Crippen LogP contribution in [0.2, 0.25) is 0 Å². The summed E-state index contributed by atoms with van der Waals surface area (Å²) in [7, 11) is 0. The summed E-state index contributed by atoms with van der Waals surface area (Å²) in [5.41, 5.74) is -0.181. The number of aromatic nitrogens is 3. The van der Waals surface area contributed by atoms with Gasteiger partial charge in [-0.15, -0.1) is 0 Å². The highest BCUT2D eigenvalue weighted by Gasteiger charge is 2.33. The molecule has 0 radical (unpaired) electrons. The predicted octanol–water partition coefficient (Wildman–Crippen LogP) is 1.66. The Kier molecular flexibility index (Phi) is 4.56. The molecule has 2 aromatic heterocycles. The number of hydrogen-bond donors (Lipinski definition) is 1. The molecule has 0 saturated carbocycles. The lowest BCUT2D eigenvalue weighted by Gasteiger charge is -2.05. The highest BCUT2D eigenvalue weighted by Crippen LogP contribution is 2.27. The van der Waals surface area contributed by atoms with Crippen molar-refractivity contribution in [3.63, 3.8) is 0 Å². The lowest BCUT2D eigenvalue weighted by molar-refractivity contribution is -0.141. The Labute approximate surface area is 118 Å². The van der Waals surface area contributed by atoms with Gasteiger partial charge in [0.05, 0.1) is 0 Å². The van der Waals surface area contributed by atoms with Gasteiger partial charge in [0.2, 0.25) is 5.91 Å². The smallest absolute Gasteiger partial charge is 0.354 e. The molecule has 0 unspecified atom stereocenters. The zero-order chi connectivity index (χ0) is 15.3. The third-order valence-corrected chi connectivity index (χ3v) is 2.67. The lowest BCUT2D eigenvalue weighted by Crippen LogP contribution is -2.29. The van der Waals surface area contributed by atoms with E-state index >= 15 is 0 Å². The maximum absolute atomic E-state index is 12.3. The van der Waals surface area contributed by atoms with Crippen LogP contribution in [-0.2, 0) is 23.9 Å². The standard InChI is InChI=1S/C13H13F3N4O/c14-13(15,16)11-5-8-20(19-11)9-12(21)18-7-4-10-3-1-2-6-17-10/h1-3,5-6,8H,4,7,9H2,(H,18,21). The minimum atomic E-state index is -4.50. The molecule has 0 aromatic carbocycles. The summed E-state index contributed by atoms with van der Waals surface area (Å²) in [5, 5.41) is 5.91. The number of hydrogen-bond acceptors (Lipinski definition) is 3. The molecule has 0 bridgehead atoms. The molecule has 0 spiro atoms. The van der Waals surface area contributed by atoms with E-state index in [4.69, 9.17) is 0 Å². The number of halogens is 3. The van der Waals surface area contributed by atoms with E-state index in [1.165, 1.54) is 0 Å². The molecule has 0 aliphatic carbocycles. The average Bonchev–Trinajstić information content (AvgIpc) is 2.88. The molecule has 0 aliphatic heterocycles. The van der Waals surface area contributed by atoms with Gasteiger partial charge in [-0.05, 0) is 18.2 Å². The fraction of sp³-hybridized carbons (Fsp3) is 0.308. The maximum Gasteiger partial charge on any atom is 0.435 e. The van der Waals surface area contributed by atoms with Crippen molar-refractivity contribution in [1.82, 2.24) is 20.1 Å². The van der Waals surface area contributed by atoms with Crippen LogP contribution in [0.3, 0.4) is 0 Å². The quantitative estimate of drug-likeness (QED) is 0.913. The van der Waals surface area contributed by atoms with E-state index in [1.54, 1.807) is 12.3 Å². The number of carbonyl (C=O) groups excluding carboxylic acids is 1. The number of pyridine rings is 1. The molecule has 0 fully saturated rings. The zero-order valence-corrected chi connectivity index (χ0v) is 11.0. The van der Waals surface area contributed by atoms with E-state index in [2.05, 4.69) is 15.4 Å². The van der Waals surface area contributed by atoms with Crippen molar-refractivity contribution < 1.29 is 18.0 Å². The van der Waals surface area contributed by atoms with Crippen LogP contribution in [0.1, 0.15) is 11.4 Å². The molecule has 21 heavy (non-hydrogen) atoms. The number of nitrogens with one attached hydrogen (secondary N) is 1. The number of carbonyl (C=O) groups is 1. The van der Waals surface area contributed by atoms with Crippen LogP contribution in [0.15, 0.2) is 36.7 Å². The number of amides is 1. The van der Waals surface area contributed by atoms with Gasteiger partial charge in [0.25, 0.3) is 0 Å². The zero-order valence-electron chi connectivity index (χ0n) is 11.0. The summed E-state index contributed by atoms with van der Waals surface area (Å²) in [5.74, 6) is -0.400. The van der Waals surface area contributed by atoms with Gasteiger partial charge in [-0.1, -0.05) is 6.07 Å². The Morgan fingerprint density at radius 2 is 2.10 bits per heavy atom. The van der Waals surface area contributed by atoms with E-state index in [0.29, 0.717) is 13.0 Å². The second-order valence-electron chi connectivity index (χ2n) is 4.32. The third kappa shape index (κ3) is 4.59. The van der Waals surface area contributed by atoms with Crippen molar-refractivity contribution in [2.24, 2.45) is 0 Å². The van der Waals surface area contributed by atoms with Crippen LogP contribution in [0.4, 0.5) is 13.2 Å². The maximum atomic E-state index is 12.3. The van der Waals surface area contributed by atoms with Gasteiger partial charge in [-0.3, -0.25) is 14.5 Å². The van der Waals surface area contributed by atoms with Crippen LogP contribution < -0.4 is 5.32 Å². The van der Waals surface area contributed by atoms with Crippen LogP contribution in [0.5, 0.6) is 0 Å². The highest BCUT2D eigenvalue weighted by atomic mass is 19.4. The monoisotopic (exact) mass is 298 g/mol. The second-order valence-corrected chi connectivity index (χ2v) is 4.32. The Morgan fingerprint density at radius 3 is 2.71 bits per heavy atom. The summed E-state index contributed by atoms with van der Waals surface area (Å²) >= 11 is 0. The number of alkyl halides is 3. The minimum absolute atomic E-state index is 0.252. The van der Waals surface area contributed by atoms with Crippen LogP contribution in [0, 0.1) is 0 Å². The van der Waals surface area contributed by atoms with Crippen LogP contribution >= 0.6 is 0 Å². The Bertz CT molecular complexity index is 595. The van der Waals surface area contributed by atoms with Crippen LogP contribution in [0.25, 0.3) is 0 Å². The van der Waals surface area contributed by atoms with Gasteiger partial charge in [0.1, 0.15) is 6.54 Å². The third-order valence-electron chi connectivity index (χ3n) is 2.67. The van der Waals surface area contributed by atoms with E-state index in [0.717, 1.165) is 22.6 Å². The first-order valence-electron chi connectivity index (χ1n) is 6.22. The van der Waals surface area contributed by atoms with E-state index in [9.17, 15) is 18.0 Å². The fourth-order valence-corrected chi connectivity index (χ4v) is 1.68. The SMILES string of the molecule is O=C(Cn1ccc(C(F)(F)F)n1)NCCc1ccccn1. The highest BCUT2D eigenvalue weighted by molar-refractivity contribution is 5.75. The normalized spacial score (nSPS) is 11.4. The van der Waals surface area contributed by atoms with Crippen molar-refractivity contribution in [2.45, 2.75) is 19.1 Å². The summed E-state index contributed by atoms with van der Waals surface area (Å²) in [6.45, 7) is 0.113. The Morgan fingerprint density at radius 1 is 1.29 bits per heavy atom. The van der Waals surface area contributed by atoms with Gasteiger partial charge in [-0.2, -0.15) is 18.3 Å². The van der Waals surface area contributed by atoms with Crippen molar-refractivity contribution in [2.75, 3.05) is 6.54 Å². The first-order valence-corrected chi connectivity index (χ1v) is 6.22. The molecule has 0 aliphatic rings. The largest absolute Gasteiger partial charge is 0.435 e. The summed E-state index contributed by atoms with van der Waals surface area (Å²) < 4.78 is 38.0. The molecule has 0 saturated heterocycles. The molecule has 5 nitrogen and oxygen atoms in total. The molecule has 0 atom stereocenters. The molecule has 2 heterocycles. The molecule has 112 valence electrons. The second kappa shape index (κ2) is 6.38. The topological polar surface area (TPSA) is 59.8 Å².